The van der Waals surface area contributed by atoms with Gasteiger partial charge in [-0.05, 0) is 32.6 Å². The molecule has 1 saturated carbocycles. The lowest BCUT2D eigenvalue weighted by Crippen LogP contribution is -2.43. The highest BCUT2D eigenvalue weighted by Gasteiger charge is 2.25. The molecule has 84 valence electrons. The molecule has 0 aromatic carbocycles. The molecule has 0 bridgehead atoms. The zero-order valence-electron chi connectivity index (χ0n) is 10.0. The van der Waals surface area contributed by atoms with Crippen LogP contribution in [0.4, 0.5) is 0 Å². The molecule has 0 spiro atoms. The molecule has 2 nitrogen and oxygen atoms in total. The van der Waals surface area contributed by atoms with Gasteiger partial charge in [-0.2, -0.15) is 0 Å². The lowest BCUT2D eigenvalue weighted by Gasteiger charge is -2.26. The molecule has 0 heterocycles. The van der Waals surface area contributed by atoms with E-state index in [4.69, 9.17) is 4.74 Å². The highest BCUT2D eigenvalue weighted by atomic mass is 16.5. The Hall–Kier alpha value is -0.0800. The molecule has 1 N–H and O–H groups in total. The third-order valence-electron chi connectivity index (χ3n) is 3.38. The highest BCUT2D eigenvalue weighted by molar-refractivity contribution is 4.82. The van der Waals surface area contributed by atoms with Crippen LogP contribution in [-0.4, -0.2) is 25.3 Å². The zero-order valence-corrected chi connectivity index (χ0v) is 10.0. The highest BCUT2D eigenvalue weighted by Crippen LogP contribution is 2.34. The van der Waals surface area contributed by atoms with E-state index < -0.39 is 0 Å². The number of methoxy groups -OCH3 is 1. The van der Waals surface area contributed by atoms with Crippen molar-refractivity contribution in [3.63, 3.8) is 0 Å². The van der Waals surface area contributed by atoms with Gasteiger partial charge in [-0.1, -0.05) is 19.8 Å². The third kappa shape index (κ3) is 3.97. The molecule has 3 unspecified atom stereocenters. The van der Waals surface area contributed by atoms with Crippen molar-refractivity contribution >= 4 is 0 Å². The molecular formula is C12H25NO. The second-order valence-corrected chi connectivity index (χ2v) is 4.68. The Bertz CT molecular complexity index is 156. The normalized spacial score (nSPS) is 23.1. The van der Waals surface area contributed by atoms with Crippen molar-refractivity contribution < 1.29 is 4.74 Å². The summed E-state index contributed by atoms with van der Waals surface area (Å²) in [4.78, 5) is 0. The maximum absolute atomic E-state index is 5.32. The number of ether oxygens (including phenoxy) is 1. The Morgan fingerprint density at radius 1 is 1.36 bits per heavy atom. The first-order valence-corrected chi connectivity index (χ1v) is 5.96. The van der Waals surface area contributed by atoms with Crippen LogP contribution < -0.4 is 5.32 Å². The zero-order chi connectivity index (χ0) is 10.6. The maximum Gasteiger partial charge on any atom is 0.0693 e. The van der Waals surface area contributed by atoms with E-state index in [1.165, 1.54) is 25.7 Å². The lowest BCUT2D eigenvalue weighted by atomic mass is 10.1. The monoisotopic (exact) mass is 199 g/mol. The Labute approximate surface area is 88.4 Å². The Morgan fingerprint density at radius 3 is 2.43 bits per heavy atom. The fraction of sp³-hybridized carbons (Fsp3) is 1.00. The quantitative estimate of drug-likeness (QED) is 0.680. The first-order chi connectivity index (χ1) is 6.67. The van der Waals surface area contributed by atoms with E-state index in [0.29, 0.717) is 18.2 Å². The van der Waals surface area contributed by atoms with E-state index in [-0.39, 0.29) is 0 Å². The van der Waals surface area contributed by atoms with Crippen molar-refractivity contribution in [2.45, 2.75) is 64.6 Å². The molecule has 0 aromatic heterocycles. The van der Waals surface area contributed by atoms with Gasteiger partial charge in [-0.25, -0.2) is 0 Å². The summed E-state index contributed by atoms with van der Waals surface area (Å²) in [6, 6.07) is 1.15. The molecule has 1 rings (SSSR count). The minimum atomic E-state index is 0.309. The smallest absolute Gasteiger partial charge is 0.0693 e. The molecule has 0 radical (unpaired) electrons. The summed E-state index contributed by atoms with van der Waals surface area (Å²) in [5.41, 5.74) is 0. The van der Waals surface area contributed by atoms with Crippen molar-refractivity contribution in [1.82, 2.24) is 5.32 Å². The van der Waals surface area contributed by atoms with Crippen molar-refractivity contribution in [2.24, 2.45) is 5.92 Å². The van der Waals surface area contributed by atoms with Crippen LogP contribution in [0.5, 0.6) is 0 Å². The number of nitrogens with one attached hydrogen (secondary N) is 1. The third-order valence-corrected chi connectivity index (χ3v) is 3.38. The average molecular weight is 199 g/mol. The molecule has 1 aliphatic rings. The van der Waals surface area contributed by atoms with E-state index in [1.807, 2.05) is 0 Å². The van der Waals surface area contributed by atoms with Crippen molar-refractivity contribution in [2.75, 3.05) is 7.11 Å². The largest absolute Gasteiger partial charge is 0.380 e. The van der Waals surface area contributed by atoms with Crippen molar-refractivity contribution in [3.8, 4) is 0 Å². The lowest BCUT2D eigenvalue weighted by molar-refractivity contribution is 0.0833. The van der Waals surface area contributed by atoms with Gasteiger partial charge < -0.3 is 10.1 Å². The van der Waals surface area contributed by atoms with Crippen molar-refractivity contribution in [1.29, 1.82) is 0 Å². The molecule has 1 aliphatic carbocycles. The van der Waals surface area contributed by atoms with E-state index in [1.54, 1.807) is 7.11 Å². The molecule has 0 saturated heterocycles. The minimum absolute atomic E-state index is 0.309. The molecule has 3 atom stereocenters. The summed E-state index contributed by atoms with van der Waals surface area (Å²) in [6.07, 6.45) is 5.80. The van der Waals surface area contributed by atoms with Crippen molar-refractivity contribution in [3.05, 3.63) is 0 Å². The summed E-state index contributed by atoms with van der Waals surface area (Å²) in [6.45, 7) is 6.61. The van der Waals surface area contributed by atoms with Gasteiger partial charge in [-0.15, -0.1) is 0 Å². The molecular weight excluding hydrogens is 174 g/mol. The van der Waals surface area contributed by atoms with Crippen LogP contribution in [0.1, 0.15) is 46.5 Å². The number of hydrogen-bond donors (Lipinski definition) is 1. The summed E-state index contributed by atoms with van der Waals surface area (Å²) in [7, 11) is 1.78. The Kier molecular flexibility index (Phi) is 4.90. The summed E-state index contributed by atoms with van der Waals surface area (Å²) < 4.78 is 5.32. The predicted octanol–water partition coefficient (Wildman–Crippen LogP) is 2.58. The first kappa shape index (κ1) is 12.0. The van der Waals surface area contributed by atoms with Gasteiger partial charge in [0, 0.05) is 19.2 Å². The number of hydrogen-bond acceptors (Lipinski definition) is 2. The SMILES string of the molecule is CCC(CC1CC1)NC(C)C(C)OC. The van der Waals surface area contributed by atoms with Crippen LogP contribution in [0.3, 0.4) is 0 Å². The topological polar surface area (TPSA) is 21.3 Å². The second-order valence-electron chi connectivity index (χ2n) is 4.68. The summed E-state index contributed by atoms with van der Waals surface area (Å²) in [5.74, 6) is 1.01. The molecule has 14 heavy (non-hydrogen) atoms. The fourth-order valence-electron chi connectivity index (χ4n) is 1.82. The van der Waals surface area contributed by atoms with E-state index in [0.717, 1.165) is 5.92 Å². The minimum Gasteiger partial charge on any atom is -0.380 e. The van der Waals surface area contributed by atoms with Crippen LogP contribution in [0.2, 0.25) is 0 Å². The van der Waals surface area contributed by atoms with Gasteiger partial charge in [-0.3, -0.25) is 0 Å². The fourth-order valence-corrected chi connectivity index (χ4v) is 1.82. The van der Waals surface area contributed by atoms with Gasteiger partial charge in [0.2, 0.25) is 0 Å². The van der Waals surface area contributed by atoms with Crippen LogP contribution in [0.25, 0.3) is 0 Å². The standard InChI is InChI=1S/C12H25NO/c1-5-12(8-11-6-7-11)13-9(2)10(3)14-4/h9-13H,5-8H2,1-4H3. The van der Waals surface area contributed by atoms with Gasteiger partial charge in [0.25, 0.3) is 0 Å². The maximum atomic E-state index is 5.32. The Balaban J connectivity index is 2.23. The van der Waals surface area contributed by atoms with E-state index in [2.05, 4.69) is 26.1 Å². The van der Waals surface area contributed by atoms with Crippen LogP contribution in [0.15, 0.2) is 0 Å². The molecule has 0 aliphatic heterocycles. The second kappa shape index (κ2) is 5.72. The molecule has 0 amide bonds. The van der Waals surface area contributed by atoms with Crippen LogP contribution in [0, 0.1) is 5.92 Å². The molecule has 1 fully saturated rings. The van der Waals surface area contributed by atoms with E-state index in [9.17, 15) is 0 Å². The summed E-state index contributed by atoms with van der Waals surface area (Å²) >= 11 is 0. The van der Waals surface area contributed by atoms with Gasteiger partial charge in [0.15, 0.2) is 0 Å². The van der Waals surface area contributed by atoms with Gasteiger partial charge >= 0.3 is 0 Å². The van der Waals surface area contributed by atoms with Crippen LogP contribution >= 0.6 is 0 Å². The number of rotatable bonds is 7. The van der Waals surface area contributed by atoms with Crippen LogP contribution in [-0.2, 0) is 4.74 Å². The molecule has 0 aromatic rings. The first-order valence-electron chi connectivity index (χ1n) is 5.96. The Morgan fingerprint density at radius 2 is 2.00 bits per heavy atom. The average Bonchev–Trinajstić information content (AvgIpc) is 2.99. The van der Waals surface area contributed by atoms with Gasteiger partial charge in [0.05, 0.1) is 6.10 Å². The summed E-state index contributed by atoms with van der Waals surface area (Å²) in [5, 5.41) is 3.66. The van der Waals surface area contributed by atoms with E-state index >= 15 is 0 Å². The van der Waals surface area contributed by atoms with Gasteiger partial charge in [0.1, 0.15) is 0 Å². The predicted molar refractivity (Wildman–Crippen MR) is 60.5 cm³/mol. The molecule has 2 heteroatoms.